The van der Waals surface area contributed by atoms with Crippen LogP contribution in [0.2, 0.25) is 0 Å². The van der Waals surface area contributed by atoms with E-state index in [0.29, 0.717) is 30.6 Å². The minimum Gasteiger partial charge on any atom is -0.391 e. The highest BCUT2D eigenvalue weighted by Crippen LogP contribution is 2.26. The molecule has 1 aromatic carbocycles. The third-order valence-corrected chi connectivity index (χ3v) is 5.78. The van der Waals surface area contributed by atoms with Crippen LogP contribution in [0.15, 0.2) is 42.7 Å². The zero-order valence-corrected chi connectivity index (χ0v) is 17.3. The molecular formula is C23H25FN4O3. The number of rotatable bonds is 5. The molecule has 1 fully saturated rings. The molecule has 2 aromatic heterocycles. The van der Waals surface area contributed by atoms with Gasteiger partial charge in [-0.05, 0) is 36.6 Å². The van der Waals surface area contributed by atoms with Gasteiger partial charge >= 0.3 is 0 Å². The normalized spacial score (nSPS) is 18.7. The summed E-state index contributed by atoms with van der Waals surface area (Å²) in [5.41, 5.74) is 1.94. The SMILES string of the molecule is CNC(=O)c1ccc(Cn2cc(C(=O)NC3CCCC[C@@H]3O)c3c(F)cccc32)cn1. The van der Waals surface area contributed by atoms with Crippen molar-refractivity contribution >= 4 is 22.7 Å². The lowest BCUT2D eigenvalue weighted by Crippen LogP contribution is -2.45. The van der Waals surface area contributed by atoms with Crippen LogP contribution in [-0.2, 0) is 6.54 Å². The van der Waals surface area contributed by atoms with E-state index in [2.05, 4.69) is 15.6 Å². The van der Waals surface area contributed by atoms with Gasteiger partial charge in [-0.2, -0.15) is 0 Å². The second-order valence-electron chi connectivity index (χ2n) is 7.87. The highest BCUT2D eigenvalue weighted by Gasteiger charge is 2.27. The minimum atomic E-state index is -0.583. The predicted molar refractivity (Wildman–Crippen MR) is 114 cm³/mol. The van der Waals surface area contributed by atoms with Crippen molar-refractivity contribution in [1.82, 2.24) is 20.2 Å². The van der Waals surface area contributed by atoms with E-state index in [4.69, 9.17) is 0 Å². The summed E-state index contributed by atoms with van der Waals surface area (Å²) in [6, 6.07) is 7.77. The average molecular weight is 424 g/mol. The molecule has 0 aliphatic heterocycles. The Morgan fingerprint density at radius 2 is 2.00 bits per heavy atom. The molecule has 1 unspecified atom stereocenters. The summed E-state index contributed by atoms with van der Waals surface area (Å²) in [5, 5.41) is 15.8. The molecule has 0 saturated heterocycles. The number of nitrogens with one attached hydrogen (secondary N) is 2. The summed E-state index contributed by atoms with van der Waals surface area (Å²) in [6.07, 6.45) is 5.88. The van der Waals surface area contributed by atoms with Crippen LogP contribution in [0.1, 0.15) is 52.1 Å². The average Bonchev–Trinajstić information content (AvgIpc) is 3.15. The summed E-state index contributed by atoms with van der Waals surface area (Å²) in [6.45, 7) is 0.361. The van der Waals surface area contributed by atoms with Crippen molar-refractivity contribution < 1.29 is 19.1 Å². The molecule has 162 valence electrons. The third-order valence-electron chi connectivity index (χ3n) is 5.78. The molecule has 2 heterocycles. The second kappa shape index (κ2) is 8.85. The minimum absolute atomic E-state index is 0.237. The van der Waals surface area contributed by atoms with Crippen molar-refractivity contribution in [1.29, 1.82) is 0 Å². The molecule has 0 radical (unpaired) electrons. The van der Waals surface area contributed by atoms with E-state index in [1.54, 1.807) is 41.2 Å². The van der Waals surface area contributed by atoms with Crippen molar-refractivity contribution in [3.8, 4) is 0 Å². The predicted octanol–water partition coefficient (Wildman–Crippen LogP) is 2.62. The van der Waals surface area contributed by atoms with Gasteiger partial charge in [0.05, 0.1) is 23.2 Å². The molecule has 3 aromatic rings. The molecule has 1 saturated carbocycles. The lowest BCUT2D eigenvalue weighted by atomic mass is 9.92. The third kappa shape index (κ3) is 4.29. The zero-order valence-electron chi connectivity index (χ0n) is 17.3. The number of carbonyl (C=O) groups excluding carboxylic acids is 2. The van der Waals surface area contributed by atoms with Gasteiger partial charge in [-0.1, -0.05) is 25.0 Å². The van der Waals surface area contributed by atoms with Gasteiger partial charge in [0.25, 0.3) is 11.8 Å². The lowest BCUT2D eigenvalue weighted by Gasteiger charge is -2.28. The Hall–Kier alpha value is -3.26. The highest BCUT2D eigenvalue weighted by atomic mass is 19.1. The van der Waals surface area contributed by atoms with E-state index in [1.807, 2.05) is 0 Å². The van der Waals surface area contributed by atoms with Crippen molar-refractivity contribution in [3.05, 3.63) is 65.4 Å². The van der Waals surface area contributed by atoms with E-state index < -0.39 is 17.8 Å². The van der Waals surface area contributed by atoms with Crippen molar-refractivity contribution in [2.24, 2.45) is 0 Å². The number of halogens is 1. The van der Waals surface area contributed by atoms with Crippen LogP contribution in [0, 0.1) is 5.82 Å². The van der Waals surface area contributed by atoms with Crippen molar-refractivity contribution in [3.63, 3.8) is 0 Å². The van der Waals surface area contributed by atoms with Crippen LogP contribution in [-0.4, -0.2) is 45.7 Å². The van der Waals surface area contributed by atoms with E-state index in [9.17, 15) is 19.1 Å². The molecule has 7 nitrogen and oxygen atoms in total. The smallest absolute Gasteiger partial charge is 0.269 e. The Kier molecular flexibility index (Phi) is 5.99. The first-order chi connectivity index (χ1) is 15.0. The summed E-state index contributed by atoms with van der Waals surface area (Å²) in [5.74, 6) is -1.14. The van der Waals surface area contributed by atoms with Gasteiger partial charge in [-0.15, -0.1) is 0 Å². The molecule has 1 aliphatic carbocycles. The first-order valence-corrected chi connectivity index (χ1v) is 10.4. The Balaban J connectivity index is 1.63. The van der Waals surface area contributed by atoms with Crippen molar-refractivity contribution in [2.75, 3.05) is 7.05 Å². The Morgan fingerprint density at radius 1 is 1.19 bits per heavy atom. The van der Waals surface area contributed by atoms with E-state index in [1.165, 1.54) is 13.1 Å². The fourth-order valence-electron chi connectivity index (χ4n) is 4.11. The molecule has 8 heteroatoms. The first kappa shape index (κ1) is 21.0. The molecule has 1 aliphatic rings. The van der Waals surface area contributed by atoms with Gasteiger partial charge < -0.3 is 20.3 Å². The van der Waals surface area contributed by atoms with Crippen LogP contribution in [0.4, 0.5) is 4.39 Å². The number of nitrogens with zero attached hydrogens (tertiary/aromatic N) is 2. The molecule has 4 rings (SSSR count). The fraction of sp³-hybridized carbons (Fsp3) is 0.348. The van der Waals surface area contributed by atoms with Crippen LogP contribution in [0.25, 0.3) is 10.9 Å². The van der Waals surface area contributed by atoms with Gasteiger partial charge in [0.2, 0.25) is 0 Å². The zero-order chi connectivity index (χ0) is 22.0. The van der Waals surface area contributed by atoms with E-state index >= 15 is 0 Å². The van der Waals surface area contributed by atoms with Gasteiger partial charge in [-0.25, -0.2) is 4.39 Å². The monoisotopic (exact) mass is 424 g/mol. The molecule has 3 N–H and O–H groups in total. The number of fused-ring (bicyclic) bond motifs is 1. The number of benzene rings is 1. The van der Waals surface area contributed by atoms with Gasteiger partial charge in [0, 0.05) is 31.4 Å². The number of hydrogen-bond donors (Lipinski definition) is 3. The standard InChI is InChI=1S/C23H25FN4O3/c1-25-23(31)18-10-9-14(11-26-18)12-28-13-15(21-16(24)5-4-7-19(21)28)22(30)27-17-6-2-3-8-20(17)29/h4-5,7,9-11,13,17,20,29H,2-3,6,8,12H2,1H3,(H,25,31)(H,27,30)/t17?,20-/m0/s1. The van der Waals surface area contributed by atoms with Crippen LogP contribution in [0.5, 0.6) is 0 Å². The largest absolute Gasteiger partial charge is 0.391 e. The summed E-state index contributed by atoms with van der Waals surface area (Å²) < 4.78 is 16.5. The lowest BCUT2D eigenvalue weighted by molar-refractivity contribution is 0.0718. The molecule has 2 atom stereocenters. The van der Waals surface area contributed by atoms with Crippen LogP contribution < -0.4 is 10.6 Å². The van der Waals surface area contributed by atoms with Gasteiger partial charge in [-0.3, -0.25) is 14.6 Å². The number of carbonyl (C=O) groups is 2. The van der Waals surface area contributed by atoms with E-state index in [-0.39, 0.29) is 22.9 Å². The number of aliphatic hydroxyl groups is 1. The quantitative estimate of drug-likeness (QED) is 0.587. The highest BCUT2D eigenvalue weighted by molar-refractivity contribution is 6.07. The summed E-state index contributed by atoms with van der Waals surface area (Å²) in [4.78, 5) is 28.8. The van der Waals surface area contributed by atoms with Gasteiger partial charge in [0.15, 0.2) is 0 Å². The van der Waals surface area contributed by atoms with Crippen molar-refractivity contribution in [2.45, 2.75) is 44.4 Å². The maximum atomic E-state index is 14.7. The van der Waals surface area contributed by atoms with Crippen LogP contribution in [0.3, 0.4) is 0 Å². The maximum absolute atomic E-state index is 14.7. The number of pyridine rings is 1. The molecule has 31 heavy (non-hydrogen) atoms. The maximum Gasteiger partial charge on any atom is 0.269 e. The van der Waals surface area contributed by atoms with Gasteiger partial charge in [0.1, 0.15) is 11.5 Å². The molecule has 2 amide bonds. The molecule has 0 bridgehead atoms. The van der Waals surface area contributed by atoms with E-state index in [0.717, 1.165) is 18.4 Å². The summed E-state index contributed by atoms with van der Waals surface area (Å²) in [7, 11) is 1.54. The first-order valence-electron chi connectivity index (χ1n) is 10.4. The number of amides is 2. The molecule has 0 spiro atoms. The Bertz CT molecular complexity index is 1110. The Labute approximate surface area is 179 Å². The number of hydrogen-bond acceptors (Lipinski definition) is 4. The van der Waals surface area contributed by atoms with Crippen LogP contribution >= 0.6 is 0 Å². The number of aromatic nitrogens is 2. The fourth-order valence-corrected chi connectivity index (χ4v) is 4.11. The topological polar surface area (TPSA) is 96.2 Å². The Morgan fingerprint density at radius 3 is 2.71 bits per heavy atom. The second-order valence-corrected chi connectivity index (χ2v) is 7.87. The molecular weight excluding hydrogens is 399 g/mol. The number of aliphatic hydroxyl groups excluding tert-OH is 1. The summed E-state index contributed by atoms with van der Waals surface area (Å²) >= 11 is 0.